The third-order valence-corrected chi connectivity index (χ3v) is 4.45. The van der Waals surface area contributed by atoms with Crippen molar-refractivity contribution in [3.63, 3.8) is 0 Å². The van der Waals surface area contributed by atoms with Gasteiger partial charge < -0.3 is 10.1 Å². The second kappa shape index (κ2) is 9.36. The molecule has 0 spiro atoms. The van der Waals surface area contributed by atoms with Crippen molar-refractivity contribution >= 4 is 29.1 Å². The van der Waals surface area contributed by atoms with E-state index in [1.807, 2.05) is 0 Å². The molecule has 4 nitrogen and oxygen atoms in total. The first-order chi connectivity index (χ1) is 10.7. The highest BCUT2D eigenvalue weighted by molar-refractivity contribution is 6.36. The summed E-state index contributed by atoms with van der Waals surface area (Å²) < 4.78 is 5.30. The van der Waals surface area contributed by atoms with Crippen LogP contribution in [0, 0.1) is 0 Å². The third-order valence-electron chi connectivity index (χ3n) is 3.74. The molecule has 0 radical (unpaired) electrons. The zero-order valence-electron chi connectivity index (χ0n) is 12.6. The number of hydrogen-bond acceptors (Lipinski definition) is 3. The van der Waals surface area contributed by atoms with E-state index in [2.05, 4.69) is 10.2 Å². The quantitative estimate of drug-likeness (QED) is 0.773. The number of carbonyl (C=O) groups is 1. The maximum absolute atomic E-state index is 11.9. The van der Waals surface area contributed by atoms with Crippen LogP contribution in [0.3, 0.4) is 0 Å². The van der Waals surface area contributed by atoms with Crippen molar-refractivity contribution in [2.24, 2.45) is 0 Å². The summed E-state index contributed by atoms with van der Waals surface area (Å²) in [7, 11) is 0. The first-order valence-corrected chi connectivity index (χ1v) is 8.42. The van der Waals surface area contributed by atoms with Crippen molar-refractivity contribution < 1.29 is 9.53 Å². The van der Waals surface area contributed by atoms with E-state index in [9.17, 15) is 4.79 Å². The fourth-order valence-corrected chi connectivity index (χ4v) is 3.04. The minimum atomic E-state index is 0.0398. The Labute approximate surface area is 141 Å². The molecule has 0 aromatic heterocycles. The number of ether oxygens (including phenoxy) is 1. The Morgan fingerprint density at radius 1 is 1.23 bits per heavy atom. The van der Waals surface area contributed by atoms with Crippen LogP contribution < -0.4 is 5.32 Å². The van der Waals surface area contributed by atoms with Gasteiger partial charge in [-0.3, -0.25) is 9.69 Å². The van der Waals surface area contributed by atoms with E-state index in [1.165, 1.54) is 0 Å². The van der Waals surface area contributed by atoms with E-state index < -0.39 is 0 Å². The predicted molar refractivity (Wildman–Crippen MR) is 89.7 cm³/mol. The molecule has 1 fully saturated rings. The number of amides is 1. The summed E-state index contributed by atoms with van der Waals surface area (Å²) in [5.74, 6) is 0.0398. The van der Waals surface area contributed by atoms with Gasteiger partial charge in [0.1, 0.15) is 0 Å². The highest BCUT2D eigenvalue weighted by Gasteiger charge is 2.10. The molecule has 1 aliphatic heterocycles. The maximum Gasteiger partial charge on any atom is 0.220 e. The van der Waals surface area contributed by atoms with E-state index in [0.717, 1.165) is 44.8 Å². The van der Waals surface area contributed by atoms with Crippen molar-refractivity contribution in [2.45, 2.75) is 19.3 Å². The fourth-order valence-electron chi connectivity index (χ4n) is 2.45. The highest BCUT2D eigenvalue weighted by atomic mass is 35.5. The molecular weight excluding hydrogens is 323 g/mol. The van der Waals surface area contributed by atoms with Gasteiger partial charge >= 0.3 is 0 Å². The molecule has 1 aromatic carbocycles. The molecule has 1 N–H and O–H groups in total. The number of hydrogen-bond donors (Lipinski definition) is 1. The van der Waals surface area contributed by atoms with Gasteiger partial charge in [0.25, 0.3) is 0 Å². The first kappa shape index (κ1) is 17.5. The zero-order valence-corrected chi connectivity index (χ0v) is 14.1. The Morgan fingerprint density at radius 2 is 1.91 bits per heavy atom. The van der Waals surface area contributed by atoms with Gasteiger partial charge in [0, 0.05) is 36.1 Å². The lowest BCUT2D eigenvalue weighted by molar-refractivity contribution is -0.121. The summed E-state index contributed by atoms with van der Waals surface area (Å²) >= 11 is 12.2. The predicted octanol–water partition coefficient (Wildman–Crippen LogP) is 2.76. The minimum absolute atomic E-state index is 0.0398. The third kappa shape index (κ3) is 5.76. The Bertz CT molecular complexity index is 471. The summed E-state index contributed by atoms with van der Waals surface area (Å²) in [6.45, 7) is 5.29. The number of carbonyl (C=O) groups excluding carboxylic acids is 1. The average Bonchev–Trinajstić information content (AvgIpc) is 2.52. The van der Waals surface area contributed by atoms with E-state index in [1.54, 1.807) is 18.2 Å². The molecule has 0 atom stereocenters. The number of nitrogens with one attached hydrogen (secondary N) is 1. The standard InChI is InChI=1S/C16H22Cl2N2O2/c17-14-3-1-4-15(18)13(14)5-6-16(21)19-7-2-8-20-9-11-22-12-10-20/h1,3-4H,2,5-12H2,(H,19,21). The molecule has 0 saturated carbocycles. The van der Waals surface area contributed by atoms with Crippen molar-refractivity contribution in [1.29, 1.82) is 0 Å². The second-order valence-electron chi connectivity index (χ2n) is 5.36. The van der Waals surface area contributed by atoms with Crippen molar-refractivity contribution in [1.82, 2.24) is 10.2 Å². The molecule has 1 aliphatic rings. The maximum atomic E-state index is 11.9. The lowest BCUT2D eigenvalue weighted by Crippen LogP contribution is -2.38. The molecule has 0 unspecified atom stereocenters. The van der Waals surface area contributed by atoms with Gasteiger partial charge in [-0.1, -0.05) is 29.3 Å². The minimum Gasteiger partial charge on any atom is -0.379 e. The molecule has 22 heavy (non-hydrogen) atoms. The average molecular weight is 345 g/mol. The SMILES string of the molecule is O=C(CCc1c(Cl)cccc1Cl)NCCCN1CCOCC1. The van der Waals surface area contributed by atoms with Crippen LogP contribution in [0.15, 0.2) is 18.2 Å². The van der Waals surface area contributed by atoms with Crippen LogP contribution in [0.2, 0.25) is 10.0 Å². The van der Waals surface area contributed by atoms with Crippen molar-refractivity contribution in [2.75, 3.05) is 39.4 Å². The van der Waals surface area contributed by atoms with E-state index in [4.69, 9.17) is 27.9 Å². The molecule has 1 aromatic rings. The highest BCUT2D eigenvalue weighted by Crippen LogP contribution is 2.25. The van der Waals surface area contributed by atoms with Gasteiger partial charge in [-0.2, -0.15) is 0 Å². The Hall–Kier alpha value is -0.810. The Balaban J connectivity index is 1.61. The van der Waals surface area contributed by atoms with Gasteiger partial charge in [0.05, 0.1) is 13.2 Å². The molecule has 6 heteroatoms. The topological polar surface area (TPSA) is 41.6 Å². The van der Waals surface area contributed by atoms with Crippen LogP contribution in [0.4, 0.5) is 0 Å². The number of nitrogens with zero attached hydrogens (tertiary/aromatic N) is 1. The van der Waals surface area contributed by atoms with Crippen molar-refractivity contribution in [3.05, 3.63) is 33.8 Å². The van der Waals surface area contributed by atoms with Crippen LogP contribution in [-0.4, -0.2) is 50.2 Å². The van der Waals surface area contributed by atoms with E-state index >= 15 is 0 Å². The lowest BCUT2D eigenvalue weighted by Gasteiger charge is -2.26. The van der Waals surface area contributed by atoms with Gasteiger partial charge in [0.2, 0.25) is 5.91 Å². The number of benzene rings is 1. The summed E-state index contributed by atoms with van der Waals surface area (Å²) in [4.78, 5) is 14.2. The van der Waals surface area contributed by atoms with E-state index in [0.29, 0.717) is 29.4 Å². The molecule has 1 saturated heterocycles. The Kier molecular flexibility index (Phi) is 7.46. The van der Waals surface area contributed by atoms with Gasteiger partial charge in [-0.15, -0.1) is 0 Å². The molecule has 1 amide bonds. The Morgan fingerprint density at radius 3 is 2.59 bits per heavy atom. The van der Waals surface area contributed by atoms with Gasteiger partial charge in [-0.25, -0.2) is 0 Å². The molecule has 0 bridgehead atoms. The van der Waals surface area contributed by atoms with Crippen LogP contribution in [-0.2, 0) is 16.0 Å². The van der Waals surface area contributed by atoms with Crippen LogP contribution in [0.1, 0.15) is 18.4 Å². The molecular formula is C16H22Cl2N2O2. The molecule has 122 valence electrons. The summed E-state index contributed by atoms with van der Waals surface area (Å²) in [5, 5.41) is 4.18. The number of rotatable bonds is 7. The molecule has 2 rings (SSSR count). The van der Waals surface area contributed by atoms with Crippen molar-refractivity contribution in [3.8, 4) is 0 Å². The monoisotopic (exact) mass is 344 g/mol. The van der Waals surface area contributed by atoms with Gasteiger partial charge in [-0.05, 0) is 37.1 Å². The molecule has 1 heterocycles. The van der Waals surface area contributed by atoms with Crippen LogP contribution >= 0.6 is 23.2 Å². The second-order valence-corrected chi connectivity index (χ2v) is 6.17. The fraction of sp³-hybridized carbons (Fsp3) is 0.562. The first-order valence-electron chi connectivity index (χ1n) is 7.66. The largest absolute Gasteiger partial charge is 0.379 e. The van der Waals surface area contributed by atoms with Crippen LogP contribution in [0.5, 0.6) is 0 Å². The summed E-state index contributed by atoms with van der Waals surface area (Å²) in [6.07, 6.45) is 1.92. The number of morpholine rings is 1. The molecule has 0 aliphatic carbocycles. The van der Waals surface area contributed by atoms with Gasteiger partial charge in [0.15, 0.2) is 0 Å². The normalized spacial score (nSPS) is 15.7. The zero-order chi connectivity index (χ0) is 15.8. The summed E-state index contributed by atoms with van der Waals surface area (Å²) in [6, 6.07) is 5.39. The number of halogens is 2. The van der Waals surface area contributed by atoms with E-state index in [-0.39, 0.29) is 5.91 Å². The smallest absolute Gasteiger partial charge is 0.220 e. The lowest BCUT2D eigenvalue weighted by atomic mass is 10.1. The summed E-state index contributed by atoms with van der Waals surface area (Å²) in [5.41, 5.74) is 0.842. The van der Waals surface area contributed by atoms with Crippen LogP contribution in [0.25, 0.3) is 0 Å².